The second-order valence-corrected chi connectivity index (χ2v) is 4.63. The lowest BCUT2D eigenvalue weighted by molar-refractivity contribution is 0.306. The van der Waals surface area contributed by atoms with E-state index in [2.05, 4.69) is 29.3 Å². The molecular weight excluding hydrogens is 190 g/mol. The van der Waals surface area contributed by atoms with Crippen LogP contribution in [-0.2, 0) is 0 Å². The van der Waals surface area contributed by atoms with E-state index in [0.717, 1.165) is 11.1 Å². The van der Waals surface area contributed by atoms with Crippen molar-refractivity contribution in [2.45, 2.75) is 11.8 Å². The van der Waals surface area contributed by atoms with Crippen LogP contribution in [0.25, 0.3) is 0 Å². The Hall–Kier alpha value is -1.64. The van der Waals surface area contributed by atoms with Crippen molar-refractivity contribution in [3.63, 3.8) is 0 Å². The summed E-state index contributed by atoms with van der Waals surface area (Å²) in [5.41, 5.74) is 1.82. The molecule has 0 radical (unpaired) electrons. The molecule has 76 valence electrons. The Morgan fingerprint density at radius 3 is 1.67 bits per heavy atom. The van der Waals surface area contributed by atoms with Gasteiger partial charge in [-0.2, -0.15) is 0 Å². The monoisotopic (exact) mass is 201 g/mol. The summed E-state index contributed by atoms with van der Waals surface area (Å²) in [5.74, 6) is 1.82. The third kappa shape index (κ3) is 0.674. The van der Waals surface area contributed by atoms with E-state index in [1.54, 1.807) is 0 Å². The molecule has 1 heterocycles. The predicted molar refractivity (Wildman–Crippen MR) is 54.9 cm³/mol. The van der Waals surface area contributed by atoms with Crippen LogP contribution < -0.4 is 0 Å². The lowest BCUT2D eigenvalue weighted by Crippen LogP contribution is -2.36. The van der Waals surface area contributed by atoms with E-state index >= 15 is 0 Å². The summed E-state index contributed by atoms with van der Waals surface area (Å²) in [6, 6.07) is 0. The number of aromatic amines is 1. The highest BCUT2D eigenvalue weighted by atomic mass is 16.3. The molecule has 0 fully saturated rings. The molecule has 1 aromatic rings. The summed E-state index contributed by atoms with van der Waals surface area (Å²) in [5, 5.41) is 19.5. The van der Waals surface area contributed by atoms with Gasteiger partial charge in [-0.05, 0) is 11.8 Å². The van der Waals surface area contributed by atoms with Crippen molar-refractivity contribution in [3.8, 4) is 11.8 Å². The van der Waals surface area contributed by atoms with Crippen LogP contribution in [0.1, 0.15) is 23.0 Å². The van der Waals surface area contributed by atoms with Crippen LogP contribution in [0.15, 0.2) is 24.3 Å². The highest BCUT2D eigenvalue weighted by Crippen LogP contribution is 2.60. The second kappa shape index (κ2) is 2.13. The van der Waals surface area contributed by atoms with Crippen molar-refractivity contribution in [2.24, 2.45) is 11.8 Å². The Morgan fingerprint density at radius 1 is 0.800 bits per heavy atom. The first-order valence-corrected chi connectivity index (χ1v) is 5.27. The van der Waals surface area contributed by atoms with E-state index in [9.17, 15) is 10.2 Å². The summed E-state index contributed by atoms with van der Waals surface area (Å²) in [6.45, 7) is 0. The summed E-state index contributed by atoms with van der Waals surface area (Å²) in [6.07, 6.45) is 8.73. The SMILES string of the molecule is Oc1[nH]c(O)c2c1C1C=C[C@H]2C2C=CC12. The third-order valence-electron chi connectivity index (χ3n) is 4.06. The molecule has 3 N–H and O–H groups in total. The Labute approximate surface area is 86.8 Å². The van der Waals surface area contributed by atoms with Gasteiger partial charge in [0.05, 0.1) is 0 Å². The Kier molecular flexibility index (Phi) is 1.08. The van der Waals surface area contributed by atoms with Crippen LogP contribution in [0.2, 0.25) is 0 Å². The summed E-state index contributed by atoms with van der Waals surface area (Å²) >= 11 is 0. The molecule has 0 spiro atoms. The van der Waals surface area contributed by atoms with Crippen LogP contribution >= 0.6 is 0 Å². The molecule has 5 rings (SSSR count). The molecule has 4 atom stereocenters. The molecule has 0 saturated carbocycles. The first-order chi connectivity index (χ1) is 7.27. The molecule has 0 aliphatic heterocycles. The highest BCUT2D eigenvalue weighted by Gasteiger charge is 2.48. The van der Waals surface area contributed by atoms with Crippen molar-refractivity contribution >= 4 is 0 Å². The van der Waals surface area contributed by atoms with Crippen molar-refractivity contribution in [1.82, 2.24) is 4.98 Å². The molecule has 3 unspecified atom stereocenters. The van der Waals surface area contributed by atoms with Gasteiger partial charge in [0, 0.05) is 23.0 Å². The smallest absolute Gasteiger partial charge is 0.195 e. The van der Waals surface area contributed by atoms with Gasteiger partial charge in [0.2, 0.25) is 0 Å². The van der Waals surface area contributed by atoms with Crippen LogP contribution in [-0.4, -0.2) is 15.2 Å². The first-order valence-electron chi connectivity index (χ1n) is 5.27. The van der Waals surface area contributed by atoms with Gasteiger partial charge in [-0.25, -0.2) is 0 Å². The molecule has 0 saturated heterocycles. The molecule has 15 heavy (non-hydrogen) atoms. The summed E-state index contributed by atoms with van der Waals surface area (Å²) in [4.78, 5) is 2.63. The molecule has 2 bridgehead atoms. The number of allylic oxidation sites excluding steroid dienone is 4. The number of H-pyrrole nitrogens is 1. The van der Waals surface area contributed by atoms with Gasteiger partial charge in [0.15, 0.2) is 11.8 Å². The van der Waals surface area contributed by atoms with Crippen molar-refractivity contribution in [3.05, 3.63) is 35.4 Å². The quantitative estimate of drug-likeness (QED) is 0.562. The van der Waals surface area contributed by atoms with Crippen LogP contribution in [0, 0.1) is 11.8 Å². The minimum atomic E-state index is 0.139. The van der Waals surface area contributed by atoms with Gasteiger partial charge in [-0.15, -0.1) is 0 Å². The fourth-order valence-corrected chi connectivity index (χ4v) is 3.34. The van der Waals surface area contributed by atoms with Crippen molar-refractivity contribution < 1.29 is 10.2 Å². The number of aromatic nitrogens is 1. The molecule has 3 nitrogen and oxygen atoms in total. The zero-order valence-electron chi connectivity index (χ0n) is 8.01. The molecule has 4 aliphatic rings. The van der Waals surface area contributed by atoms with E-state index in [4.69, 9.17) is 0 Å². The van der Waals surface area contributed by atoms with Gasteiger partial charge in [0.25, 0.3) is 0 Å². The number of aromatic hydroxyl groups is 2. The maximum absolute atomic E-state index is 9.75. The molecule has 1 aromatic heterocycles. The lowest BCUT2D eigenvalue weighted by Gasteiger charge is -2.47. The van der Waals surface area contributed by atoms with Crippen LogP contribution in [0.4, 0.5) is 0 Å². The van der Waals surface area contributed by atoms with E-state index < -0.39 is 0 Å². The van der Waals surface area contributed by atoms with E-state index in [1.807, 2.05) is 0 Å². The fraction of sp³-hybridized carbons (Fsp3) is 0.333. The highest BCUT2D eigenvalue weighted by molar-refractivity contribution is 5.58. The number of hydrogen-bond donors (Lipinski definition) is 3. The van der Waals surface area contributed by atoms with E-state index in [-0.39, 0.29) is 23.6 Å². The lowest BCUT2D eigenvalue weighted by atomic mass is 9.56. The first kappa shape index (κ1) is 7.63. The molecule has 3 heteroatoms. The fourth-order valence-electron chi connectivity index (χ4n) is 3.34. The molecular formula is C12H11NO2. The predicted octanol–water partition coefficient (Wildman–Crippen LogP) is 1.98. The van der Waals surface area contributed by atoms with Crippen molar-refractivity contribution in [2.75, 3.05) is 0 Å². The zero-order chi connectivity index (χ0) is 10.2. The second-order valence-electron chi connectivity index (χ2n) is 4.63. The van der Waals surface area contributed by atoms with Crippen LogP contribution in [0.3, 0.4) is 0 Å². The van der Waals surface area contributed by atoms with Gasteiger partial charge in [-0.3, -0.25) is 4.98 Å². The maximum atomic E-state index is 9.75. The minimum Gasteiger partial charge on any atom is -0.494 e. The molecule has 0 aromatic carbocycles. The van der Waals surface area contributed by atoms with E-state index in [1.165, 1.54) is 0 Å². The molecule has 4 aliphatic carbocycles. The third-order valence-corrected chi connectivity index (χ3v) is 4.06. The Balaban J connectivity index is 2.03. The van der Waals surface area contributed by atoms with Gasteiger partial charge in [-0.1, -0.05) is 24.3 Å². The summed E-state index contributed by atoms with van der Waals surface area (Å²) < 4.78 is 0. The maximum Gasteiger partial charge on any atom is 0.195 e. The molecule has 0 amide bonds. The zero-order valence-corrected chi connectivity index (χ0v) is 8.01. The number of hydrogen-bond acceptors (Lipinski definition) is 2. The topological polar surface area (TPSA) is 56.2 Å². The normalized spacial score (nSPS) is 38.7. The Morgan fingerprint density at radius 2 is 1.27 bits per heavy atom. The minimum absolute atomic E-state index is 0.139. The number of rotatable bonds is 0. The van der Waals surface area contributed by atoms with Crippen molar-refractivity contribution in [1.29, 1.82) is 0 Å². The van der Waals surface area contributed by atoms with E-state index in [0.29, 0.717) is 11.8 Å². The number of nitrogens with one attached hydrogen (secondary N) is 1. The largest absolute Gasteiger partial charge is 0.494 e. The Bertz CT molecular complexity index is 469. The average molecular weight is 201 g/mol. The van der Waals surface area contributed by atoms with Gasteiger partial charge < -0.3 is 10.2 Å². The average Bonchev–Trinajstić information content (AvgIpc) is 2.44. The van der Waals surface area contributed by atoms with Crippen LogP contribution in [0.5, 0.6) is 11.8 Å². The van der Waals surface area contributed by atoms with Gasteiger partial charge >= 0.3 is 0 Å². The standard InChI is InChI=1S/C12H11NO2/c14-11-9-7-3-4-8(6-2-1-5(6)7)10(9)12(15)13-11/h1-8,13-15H/t5?,6?,7-,8?/m0/s1. The summed E-state index contributed by atoms with van der Waals surface area (Å²) in [7, 11) is 0. The van der Waals surface area contributed by atoms with Gasteiger partial charge in [0.1, 0.15) is 0 Å².